The summed E-state index contributed by atoms with van der Waals surface area (Å²) in [6.07, 6.45) is 0.680. The third-order valence-electron chi connectivity index (χ3n) is 3.37. The Morgan fingerprint density at radius 3 is 2.78 bits per heavy atom. The monoisotopic (exact) mass is 348 g/mol. The minimum atomic E-state index is -0.0744. The number of hydrogen-bond donors (Lipinski definition) is 1. The molecular weight excluding hydrogens is 332 g/mol. The zero-order valence-electron chi connectivity index (χ0n) is 12.6. The Morgan fingerprint density at radius 1 is 1.26 bits per heavy atom. The molecule has 23 heavy (non-hydrogen) atoms. The number of anilines is 2. The van der Waals surface area contributed by atoms with Gasteiger partial charge in [-0.15, -0.1) is 10.2 Å². The van der Waals surface area contributed by atoms with Gasteiger partial charge in [0, 0.05) is 30.8 Å². The average molecular weight is 348 g/mol. The summed E-state index contributed by atoms with van der Waals surface area (Å²) in [5.41, 5.74) is 2.15. The van der Waals surface area contributed by atoms with Crippen molar-refractivity contribution in [1.82, 2.24) is 15.1 Å². The molecule has 2 aromatic rings. The zero-order valence-corrected chi connectivity index (χ0v) is 14.2. The second-order valence-electron chi connectivity index (χ2n) is 5.16. The van der Waals surface area contributed by atoms with Crippen LogP contribution >= 0.6 is 23.1 Å². The summed E-state index contributed by atoms with van der Waals surface area (Å²) in [6, 6.07) is 8.04. The molecule has 0 unspecified atom stereocenters. The number of carbonyl (C=O) groups is 2. The van der Waals surface area contributed by atoms with E-state index in [4.69, 9.17) is 0 Å². The number of nitrogens with one attached hydrogen (secondary N) is 1. The number of nitrogens with zero attached hydrogens (tertiary/aromatic N) is 3. The number of aryl methyl sites for hydroxylation is 1. The van der Waals surface area contributed by atoms with Crippen molar-refractivity contribution in [2.45, 2.75) is 24.1 Å². The Hall–Kier alpha value is -1.93. The van der Waals surface area contributed by atoms with Gasteiger partial charge in [-0.3, -0.25) is 14.5 Å². The van der Waals surface area contributed by atoms with Crippen molar-refractivity contribution >= 4 is 45.7 Å². The summed E-state index contributed by atoms with van der Waals surface area (Å²) in [4.78, 5) is 24.4. The summed E-state index contributed by atoms with van der Waals surface area (Å²) in [5, 5.41) is 12.2. The summed E-state index contributed by atoms with van der Waals surface area (Å²) < 4.78 is 0.819. The van der Waals surface area contributed by atoms with Crippen molar-refractivity contribution in [3.8, 4) is 0 Å². The molecule has 1 fully saturated rings. The van der Waals surface area contributed by atoms with Gasteiger partial charge in [-0.1, -0.05) is 35.2 Å². The maximum atomic E-state index is 11.5. The van der Waals surface area contributed by atoms with E-state index in [2.05, 4.69) is 15.5 Å². The number of hydrogen-bond acceptors (Lipinski definition) is 7. The molecule has 1 aliphatic heterocycles. The van der Waals surface area contributed by atoms with Crippen LogP contribution in [0.1, 0.15) is 18.4 Å². The molecule has 2 heterocycles. The van der Waals surface area contributed by atoms with E-state index < -0.39 is 0 Å². The molecule has 1 aromatic carbocycles. The van der Waals surface area contributed by atoms with Crippen molar-refractivity contribution in [2.24, 2.45) is 0 Å². The van der Waals surface area contributed by atoms with E-state index >= 15 is 0 Å². The molecule has 1 aliphatic rings. The number of likely N-dealkylation sites (tertiary alicyclic amines) is 1. The zero-order chi connectivity index (χ0) is 16.2. The lowest BCUT2D eigenvalue weighted by molar-refractivity contribution is -0.137. The Labute approximate surface area is 142 Å². The first-order chi connectivity index (χ1) is 11.1. The van der Waals surface area contributed by atoms with Gasteiger partial charge in [0.25, 0.3) is 0 Å². The van der Waals surface area contributed by atoms with Crippen molar-refractivity contribution in [2.75, 3.05) is 17.6 Å². The number of rotatable bonds is 6. The van der Waals surface area contributed by atoms with Crippen LogP contribution in [0.4, 0.5) is 10.8 Å². The van der Waals surface area contributed by atoms with Crippen LogP contribution in [0.5, 0.6) is 0 Å². The van der Waals surface area contributed by atoms with E-state index in [0.717, 1.165) is 15.2 Å². The number of thioether (sulfide) groups is 1. The second kappa shape index (κ2) is 7.10. The molecule has 3 rings (SSSR count). The van der Waals surface area contributed by atoms with Crippen molar-refractivity contribution in [3.05, 3.63) is 29.8 Å². The number of aromatic nitrogens is 2. The van der Waals surface area contributed by atoms with Crippen LogP contribution in [-0.4, -0.2) is 39.2 Å². The van der Waals surface area contributed by atoms with Gasteiger partial charge in [0.2, 0.25) is 16.9 Å². The highest BCUT2D eigenvalue weighted by atomic mass is 32.2. The van der Waals surface area contributed by atoms with E-state index in [-0.39, 0.29) is 11.8 Å². The molecule has 1 aromatic heterocycles. The maximum Gasteiger partial charge on any atom is 0.229 e. The second-order valence-corrected chi connectivity index (χ2v) is 7.47. The highest BCUT2D eigenvalue weighted by Gasteiger charge is 2.28. The predicted octanol–water partition coefficient (Wildman–Crippen LogP) is 2.83. The van der Waals surface area contributed by atoms with E-state index in [1.54, 1.807) is 0 Å². The van der Waals surface area contributed by atoms with Gasteiger partial charge < -0.3 is 5.32 Å². The van der Waals surface area contributed by atoms with Crippen molar-refractivity contribution < 1.29 is 9.59 Å². The summed E-state index contributed by atoms with van der Waals surface area (Å²) in [6.45, 7) is 2.47. The highest BCUT2D eigenvalue weighted by molar-refractivity contribution is 8.01. The quantitative estimate of drug-likeness (QED) is 0.639. The number of carbonyl (C=O) groups excluding carboxylic acids is 2. The lowest BCUT2D eigenvalue weighted by Gasteiger charge is -2.11. The van der Waals surface area contributed by atoms with Crippen LogP contribution in [-0.2, 0) is 9.59 Å². The summed E-state index contributed by atoms with van der Waals surface area (Å²) in [5.74, 6) is 0.487. The van der Waals surface area contributed by atoms with Gasteiger partial charge in [-0.2, -0.15) is 0 Å². The molecule has 0 spiro atoms. The van der Waals surface area contributed by atoms with Gasteiger partial charge in [-0.05, 0) is 24.6 Å². The summed E-state index contributed by atoms with van der Waals surface area (Å²) in [7, 11) is 0. The molecule has 1 saturated heterocycles. The molecular formula is C15H16N4O2S2. The molecule has 0 atom stereocenters. The van der Waals surface area contributed by atoms with Gasteiger partial charge in [-0.25, -0.2) is 0 Å². The van der Waals surface area contributed by atoms with Crippen molar-refractivity contribution in [3.63, 3.8) is 0 Å². The molecule has 1 N–H and O–H groups in total. The maximum absolute atomic E-state index is 11.5. The summed E-state index contributed by atoms with van der Waals surface area (Å²) >= 11 is 2.96. The molecule has 8 heteroatoms. The molecule has 6 nitrogen and oxygen atoms in total. The third kappa shape index (κ3) is 4.08. The topological polar surface area (TPSA) is 75.2 Å². The van der Waals surface area contributed by atoms with Gasteiger partial charge >= 0.3 is 0 Å². The van der Waals surface area contributed by atoms with Crippen LogP contribution in [0.15, 0.2) is 28.6 Å². The van der Waals surface area contributed by atoms with Crippen LogP contribution in [0.3, 0.4) is 0 Å². The van der Waals surface area contributed by atoms with E-state index in [9.17, 15) is 9.59 Å². The molecule has 0 bridgehead atoms. The third-order valence-corrected chi connectivity index (χ3v) is 5.32. The first-order valence-electron chi connectivity index (χ1n) is 7.25. The van der Waals surface area contributed by atoms with Gasteiger partial charge in [0.15, 0.2) is 4.34 Å². The fourth-order valence-electron chi connectivity index (χ4n) is 2.26. The van der Waals surface area contributed by atoms with Crippen LogP contribution in [0.25, 0.3) is 0 Å². The number of amides is 2. The Morgan fingerprint density at radius 2 is 2.04 bits per heavy atom. The average Bonchev–Trinajstić information content (AvgIpc) is 3.08. The van der Waals surface area contributed by atoms with Crippen molar-refractivity contribution in [1.29, 1.82) is 0 Å². The minimum Gasteiger partial charge on any atom is -0.330 e. The van der Waals surface area contributed by atoms with Gasteiger partial charge in [0.05, 0.1) is 0 Å². The first-order valence-corrected chi connectivity index (χ1v) is 9.05. The highest BCUT2D eigenvalue weighted by Crippen LogP contribution is 2.28. The fourth-order valence-corrected chi connectivity index (χ4v) is 4.03. The normalized spacial score (nSPS) is 14.6. The standard InChI is InChI=1S/C15H16N4O2S2/c1-10-3-2-4-11(9-10)16-14-17-18-15(23-14)22-8-7-19-12(20)5-6-13(19)21/h2-4,9H,5-8H2,1H3,(H,16,17). The van der Waals surface area contributed by atoms with Crippen LogP contribution < -0.4 is 5.32 Å². The predicted molar refractivity (Wildman–Crippen MR) is 91.0 cm³/mol. The Kier molecular flexibility index (Phi) is 4.92. The van der Waals surface area contributed by atoms with E-state index in [1.165, 1.54) is 33.6 Å². The number of benzene rings is 1. The lowest BCUT2D eigenvalue weighted by atomic mass is 10.2. The van der Waals surface area contributed by atoms with E-state index in [1.807, 2.05) is 31.2 Å². The molecule has 0 radical (unpaired) electrons. The first kappa shape index (κ1) is 15.9. The lowest BCUT2D eigenvalue weighted by Crippen LogP contribution is -2.31. The largest absolute Gasteiger partial charge is 0.330 e. The molecule has 0 aliphatic carbocycles. The molecule has 0 saturated carbocycles. The molecule has 120 valence electrons. The number of imide groups is 1. The minimum absolute atomic E-state index is 0.0744. The van der Waals surface area contributed by atoms with Crippen LogP contribution in [0, 0.1) is 6.92 Å². The smallest absolute Gasteiger partial charge is 0.229 e. The van der Waals surface area contributed by atoms with Gasteiger partial charge in [0.1, 0.15) is 0 Å². The SMILES string of the molecule is Cc1cccc(Nc2nnc(SCCN3C(=O)CCC3=O)s2)c1. The Balaban J connectivity index is 1.51. The Bertz CT molecular complexity index is 716. The molecule has 2 amide bonds. The van der Waals surface area contributed by atoms with Crippen LogP contribution in [0.2, 0.25) is 0 Å². The van der Waals surface area contributed by atoms with E-state index in [0.29, 0.717) is 25.1 Å². The fraction of sp³-hybridized carbons (Fsp3) is 0.333.